The molecule has 1 heterocycles. The Labute approximate surface area is 122 Å². The summed E-state index contributed by atoms with van der Waals surface area (Å²) >= 11 is 0. The molecule has 7 nitrogen and oxygen atoms in total. The molecule has 0 unspecified atom stereocenters. The number of amides is 1. The highest BCUT2D eigenvalue weighted by Crippen LogP contribution is 2.09. The fraction of sp³-hybridized carbons (Fsp3) is 0.286. The molecule has 21 heavy (non-hydrogen) atoms. The van der Waals surface area contributed by atoms with Crippen LogP contribution in [-0.4, -0.2) is 32.2 Å². The minimum absolute atomic E-state index is 0.152. The first kappa shape index (κ1) is 16.4. The fourth-order valence-electron chi connectivity index (χ4n) is 1.62. The van der Waals surface area contributed by atoms with Crippen molar-refractivity contribution in [2.75, 3.05) is 5.32 Å². The Morgan fingerprint density at radius 1 is 1.43 bits per heavy atom. The summed E-state index contributed by atoms with van der Waals surface area (Å²) in [6.45, 7) is 5.33. The lowest BCUT2D eigenvalue weighted by Gasteiger charge is -2.02. The third kappa shape index (κ3) is 4.41. The first-order valence-corrected chi connectivity index (χ1v) is 6.31. The molecule has 0 saturated carbocycles. The van der Waals surface area contributed by atoms with Gasteiger partial charge in [0, 0.05) is 19.0 Å². The lowest BCUT2D eigenvalue weighted by molar-refractivity contribution is -0.112. The van der Waals surface area contributed by atoms with Crippen LogP contribution >= 0.6 is 0 Å². The summed E-state index contributed by atoms with van der Waals surface area (Å²) in [7, 11) is 1.54. The molecule has 0 aliphatic carbocycles. The summed E-state index contributed by atoms with van der Waals surface area (Å²) in [5.41, 5.74) is 0.918. The summed E-state index contributed by atoms with van der Waals surface area (Å²) in [4.78, 5) is 31.0. The van der Waals surface area contributed by atoms with E-state index in [0.29, 0.717) is 5.71 Å². The number of carboxylic acids is 1. The van der Waals surface area contributed by atoms with Crippen molar-refractivity contribution in [3.05, 3.63) is 35.9 Å². The molecule has 0 aliphatic rings. The molecule has 0 fully saturated rings. The molecule has 0 atom stereocenters. The maximum atomic E-state index is 12.1. The largest absolute Gasteiger partial charge is 0.475 e. The van der Waals surface area contributed by atoms with Crippen LogP contribution in [0.5, 0.6) is 0 Å². The van der Waals surface area contributed by atoms with Gasteiger partial charge in [-0.25, -0.2) is 14.8 Å². The smallest absolute Gasteiger partial charge is 0.372 e. The Bertz CT molecular complexity index is 639. The maximum absolute atomic E-state index is 12.1. The molecule has 7 heteroatoms. The van der Waals surface area contributed by atoms with E-state index in [9.17, 15) is 9.59 Å². The number of hydrogen-bond donors (Lipinski definition) is 2. The Balaban J connectivity index is 2.92. The Hall–Kier alpha value is -2.70. The van der Waals surface area contributed by atoms with Gasteiger partial charge in [0.2, 0.25) is 5.82 Å². The van der Waals surface area contributed by atoms with Gasteiger partial charge in [0.1, 0.15) is 5.70 Å². The first-order chi connectivity index (χ1) is 9.88. The number of anilines is 1. The molecule has 0 saturated heterocycles. The highest BCUT2D eigenvalue weighted by molar-refractivity contribution is 6.06. The lowest BCUT2D eigenvalue weighted by Crippen LogP contribution is -2.14. The van der Waals surface area contributed by atoms with E-state index in [1.807, 2.05) is 13.0 Å². The van der Waals surface area contributed by atoms with Gasteiger partial charge in [-0.05, 0) is 26.8 Å². The second kappa shape index (κ2) is 7.18. The molecule has 112 valence electrons. The average Bonchev–Trinajstić information content (AvgIpc) is 2.77. The van der Waals surface area contributed by atoms with Crippen molar-refractivity contribution in [2.24, 2.45) is 12.0 Å². The van der Waals surface area contributed by atoms with Crippen molar-refractivity contribution in [3.63, 3.8) is 0 Å². The van der Waals surface area contributed by atoms with Gasteiger partial charge in [0.05, 0.1) is 0 Å². The molecule has 0 radical (unpaired) electrons. The monoisotopic (exact) mass is 290 g/mol. The zero-order valence-corrected chi connectivity index (χ0v) is 12.4. The van der Waals surface area contributed by atoms with Crippen molar-refractivity contribution in [2.45, 2.75) is 20.8 Å². The van der Waals surface area contributed by atoms with E-state index in [2.05, 4.69) is 15.3 Å². The number of aliphatic imine (C=N–C) groups is 1. The van der Waals surface area contributed by atoms with Crippen LogP contribution < -0.4 is 5.32 Å². The summed E-state index contributed by atoms with van der Waals surface area (Å²) in [6, 6.07) is 0. The summed E-state index contributed by atoms with van der Waals surface area (Å²) < 4.78 is 1.32. The lowest BCUT2D eigenvalue weighted by atomic mass is 10.3. The normalized spacial score (nSPS) is 12.8. The van der Waals surface area contributed by atoms with Crippen molar-refractivity contribution in [1.29, 1.82) is 0 Å². The molecule has 0 spiro atoms. The standard InChI is InChI=1S/C14H18N4O3/c1-5-7-9(3)15-10(6-2)13(19)17-11-8-18(4)12(16-11)14(20)21/h5-8H,1-4H3,(H,17,19)(H,20,21)/b7-5+,10-6-,15-9-. The fourth-order valence-corrected chi connectivity index (χ4v) is 1.62. The highest BCUT2D eigenvalue weighted by Gasteiger charge is 2.15. The van der Waals surface area contributed by atoms with E-state index >= 15 is 0 Å². The molecule has 0 aromatic carbocycles. The Kier molecular flexibility index (Phi) is 5.59. The van der Waals surface area contributed by atoms with Crippen molar-refractivity contribution >= 4 is 23.4 Å². The number of nitrogens with one attached hydrogen (secondary N) is 1. The molecule has 1 rings (SSSR count). The second-order valence-electron chi connectivity index (χ2n) is 4.25. The number of carboxylic acid groups (broad SMARTS) is 1. The van der Waals surface area contributed by atoms with Gasteiger partial charge in [-0.15, -0.1) is 0 Å². The van der Waals surface area contributed by atoms with Crippen LogP contribution in [0, 0.1) is 0 Å². The molecule has 0 bridgehead atoms. The van der Waals surface area contributed by atoms with Crippen LogP contribution in [0.1, 0.15) is 31.4 Å². The highest BCUT2D eigenvalue weighted by atomic mass is 16.4. The third-order valence-electron chi connectivity index (χ3n) is 2.52. The molecule has 1 aromatic rings. The zero-order valence-electron chi connectivity index (χ0n) is 12.4. The van der Waals surface area contributed by atoms with E-state index in [1.54, 1.807) is 26.0 Å². The van der Waals surface area contributed by atoms with Crippen molar-refractivity contribution in [1.82, 2.24) is 9.55 Å². The van der Waals surface area contributed by atoms with Crippen LogP contribution in [0.3, 0.4) is 0 Å². The maximum Gasteiger partial charge on any atom is 0.372 e. The number of hydrogen-bond acceptors (Lipinski definition) is 4. The summed E-state index contributed by atoms with van der Waals surface area (Å²) in [5, 5.41) is 11.4. The number of imidazole rings is 1. The zero-order chi connectivity index (χ0) is 16.0. The number of carbonyl (C=O) groups excluding carboxylic acids is 1. The van der Waals surface area contributed by atoms with Crippen LogP contribution in [0.25, 0.3) is 0 Å². The topological polar surface area (TPSA) is 96.6 Å². The Morgan fingerprint density at radius 2 is 2.10 bits per heavy atom. The average molecular weight is 290 g/mol. The van der Waals surface area contributed by atoms with E-state index in [-0.39, 0.29) is 17.3 Å². The molecular weight excluding hydrogens is 272 g/mol. The number of aromatic nitrogens is 2. The quantitative estimate of drug-likeness (QED) is 0.640. The second-order valence-corrected chi connectivity index (χ2v) is 4.25. The number of nitrogens with zero attached hydrogens (tertiary/aromatic N) is 3. The first-order valence-electron chi connectivity index (χ1n) is 6.31. The number of aryl methyl sites for hydroxylation is 1. The minimum Gasteiger partial charge on any atom is -0.475 e. The van der Waals surface area contributed by atoms with Gasteiger partial charge in [-0.2, -0.15) is 0 Å². The van der Waals surface area contributed by atoms with Gasteiger partial charge in [0.15, 0.2) is 5.82 Å². The van der Waals surface area contributed by atoms with Crippen molar-refractivity contribution in [3.8, 4) is 0 Å². The van der Waals surface area contributed by atoms with Crippen LogP contribution in [-0.2, 0) is 11.8 Å². The van der Waals surface area contributed by atoms with E-state index in [4.69, 9.17) is 5.11 Å². The molecule has 1 aromatic heterocycles. The van der Waals surface area contributed by atoms with Crippen LogP contribution in [0.15, 0.2) is 35.1 Å². The number of allylic oxidation sites excluding steroid dienone is 3. The number of carbonyl (C=O) groups is 2. The van der Waals surface area contributed by atoms with Gasteiger partial charge in [-0.1, -0.05) is 12.2 Å². The minimum atomic E-state index is -1.16. The predicted molar refractivity (Wildman–Crippen MR) is 80.5 cm³/mol. The number of rotatable bonds is 5. The third-order valence-corrected chi connectivity index (χ3v) is 2.52. The summed E-state index contributed by atoms with van der Waals surface area (Å²) in [5.74, 6) is -1.60. The van der Waals surface area contributed by atoms with Gasteiger partial charge in [-0.3, -0.25) is 4.79 Å². The van der Waals surface area contributed by atoms with Crippen LogP contribution in [0.2, 0.25) is 0 Å². The van der Waals surface area contributed by atoms with Gasteiger partial charge < -0.3 is 15.0 Å². The Morgan fingerprint density at radius 3 is 2.57 bits per heavy atom. The van der Waals surface area contributed by atoms with Gasteiger partial charge in [0.25, 0.3) is 5.91 Å². The SMILES string of the molecule is C\C=C(/N=C(C)\C=C\C)C(=O)Nc1cn(C)c(C(=O)O)n1. The van der Waals surface area contributed by atoms with Gasteiger partial charge >= 0.3 is 5.97 Å². The predicted octanol–water partition coefficient (Wildman–Crippen LogP) is 2.00. The van der Waals surface area contributed by atoms with E-state index in [0.717, 1.165) is 0 Å². The molecule has 1 amide bonds. The summed E-state index contributed by atoms with van der Waals surface area (Å²) in [6.07, 6.45) is 6.60. The van der Waals surface area contributed by atoms with Crippen molar-refractivity contribution < 1.29 is 14.7 Å². The molecular formula is C14H18N4O3. The molecule has 2 N–H and O–H groups in total. The van der Waals surface area contributed by atoms with Crippen LogP contribution in [0.4, 0.5) is 5.82 Å². The number of aromatic carboxylic acids is 1. The molecule has 0 aliphatic heterocycles. The van der Waals surface area contributed by atoms with E-state index < -0.39 is 11.9 Å². The van der Waals surface area contributed by atoms with E-state index in [1.165, 1.54) is 17.8 Å².